The van der Waals surface area contributed by atoms with Crippen molar-refractivity contribution in [2.75, 3.05) is 26.4 Å². The lowest BCUT2D eigenvalue weighted by molar-refractivity contribution is 0.130. The minimum absolute atomic E-state index is 0.151. The van der Waals surface area contributed by atoms with Gasteiger partial charge in [-0.2, -0.15) is 0 Å². The summed E-state index contributed by atoms with van der Waals surface area (Å²) in [6, 6.07) is 4.50. The van der Waals surface area contributed by atoms with Crippen molar-refractivity contribution in [3.05, 3.63) is 76.4 Å². The van der Waals surface area contributed by atoms with Crippen LogP contribution < -0.4 is 4.74 Å². The summed E-state index contributed by atoms with van der Waals surface area (Å²) in [6.07, 6.45) is 7.77. The van der Waals surface area contributed by atoms with Gasteiger partial charge in [0.05, 0.1) is 13.2 Å². The van der Waals surface area contributed by atoms with Gasteiger partial charge in [0, 0.05) is 24.2 Å². The van der Waals surface area contributed by atoms with Crippen molar-refractivity contribution in [2.45, 2.75) is 71.5 Å². The van der Waals surface area contributed by atoms with Crippen LogP contribution in [0.2, 0.25) is 0 Å². The Morgan fingerprint density at radius 3 is 2.64 bits per heavy atom. The molecule has 1 heterocycles. The number of allylic oxidation sites excluding steroid dienone is 6. The van der Waals surface area contributed by atoms with Crippen LogP contribution in [0.15, 0.2) is 59.7 Å². The highest BCUT2D eigenvalue weighted by Gasteiger charge is 2.32. The first kappa shape index (κ1) is 25.5. The molecule has 3 rings (SSSR count). The summed E-state index contributed by atoms with van der Waals surface area (Å²) in [5, 5.41) is 9.52. The average molecular weight is 453 g/mol. The van der Waals surface area contributed by atoms with E-state index in [1.807, 2.05) is 13.0 Å². The molecule has 0 spiro atoms. The molecule has 180 valence electrons. The zero-order valence-corrected chi connectivity index (χ0v) is 20.8. The van der Waals surface area contributed by atoms with E-state index < -0.39 is 0 Å². The molecule has 0 amide bonds. The number of ether oxygens (including phenoxy) is 3. The number of hydrogen-bond donors (Lipinski definition) is 1. The third-order valence-electron chi connectivity index (χ3n) is 6.52. The summed E-state index contributed by atoms with van der Waals surface area (Å²) in [5.41, 5.74) is 8.33. The van der Waals surface area contributed by atoms with Gasteiger partial charge in [-0.1, -0.05) is 49.8 Å². The Morgan fingerprint density at radius 1 is 1.30 bits per heavy atom. The number of hydrogen-bond acceptors (Lipinski definition) is 4. The molecule has 1 aliphatic carbocycles. The summed E-state index contributed by atoms with van der Waals surface area (Å²) in [5.74, 6) is 0.885. The van der Waals surface area contributed by atoms with Gasteiger partial charge in [0.25, 0.3) is 0 Å². The molecule has 33 heavy (non-hydrogen) atoms. The van der Waals surface area contributed by atoms with E-state index in [0.29, 0.717) is 26.2 Å². The van der Waals surface area contributed by atoms with Gasteiger partial charge in [-0.3, -0.25) is 0 Å². The van der Waals surface area contributed by atoms with Gasteiger partial charge in [0.2, 0.25) is 0 Å². The van der Waals surface area contributed by atoms with Crippen LogP contribution in [0.4, 0.5) is 0 Å². The number of benzene rings is 1. The highest BCUT2D eigenvalue weighted by Crippen LogP contribution is 2.44. The van der Waals surface area contributed by atoms with E-state index >= 15 is 0 Å². The second kappa shape index (κ2) is 11.3. The summed E-state index contributed by atoms with van der Waals surface area (Å²) >= 11 is 0. The molecule has 4 nitrogen and oxygen atoms in total. The molecule has 1 N–H and O–H groups in total. The summed E-state index contributed by atoms with van der Waals surface area (Å²) in [6.45, 7) is 19.5. The normalized spacial score (nSPS) is 17.8. The standard InChI is InChI=1S/C29H40O4/c1-7-10-21-13-26(20(3)4)27(14-21)29(5,6)24-15-22(11-9-12-30)28(33-19-25-18-32-25)23(16-24)17-31-8-2/h7,14-16,25,30H,1,3,8-13,17-19H2,2,4-6H3. The molecule has 0 bridgehead atoms. The topological polar surface area (TPSA) is 51.2 Å². The zero-order chi connectivity index (χ0) is 24.0. The zero-order valence-electron chi connectivity index (χ0n) is 20.8. The molecule has 0 aromatic heterocycles. The van der Waals surface area contributed by atoms with Gasteiger partial charge in [-0.05, 0) is 67.9 Å². The largest absolute Gasteiger partial charge is 0.490 e. The Morgan fingerprint density at radius 2 is 2.03 bits per heavy atom. The predicted molar refractivity (Wildman–Crippen MR) is 135 cm³/mol. The van der Waals surface area contributed by atoms with E-state index in [4.69, 9.17) is 14.2 Å². The van der Waals surface area contributed by atoms with E-state index in [-0.39, 0.29) is 18.1 Å². The van der Waals surface area contributed by atoms with Crippen molar-refractivity contribution in [3.63, 3.8) is 0 Å². The highest BCUT2D eigenvalue weighted by molar-refractivity contribution is 5.57. The Hall–Kier alpha value is -2.14. The Balaban J connectivity index is 2.07. The summed E-state index contributed by atoms with van der Waals surface area (Å²) in [4.78, 5) is 0. The van der Waals surface area contributed by atoms with Crippen molar-refractivity contribution in [2.24, 2.45) is 0 Å². The maximum atomic E-state index is 9.52. The number of aryl methyl sites for hydroxylation is 1. The molecule has 0 radical (unpaired) electrons. The Bertz CT molecular complexity index is 902. The molecule has 1 aromatic rings. The molecular formula is C29H40O4. The van der Waals surface area contributed by atoms with Gasteiger partial charge >= 0.3 is 0 Å². The number of rotatable bonds is 14. The second-order valence-electron chi connectivity index (χ2n) is 9.62. The Labute approximate surface area is 199 Å². The van der Waals surface area contributed by atoms with Gasteiger partial charge in [-0.25, -0.2) is 0 Å². The number of aliphatic hydroxyl groups excluding tert-OH is 1. The second-order valence-corrected chi connectivity index (χ2v) is 9.62. The van der Waals surface area contributed by atoms with Crippen LogP contribution in [-0.2, 0) is 27.9 Å². The van der Waals surface area contributed by atoms with Crippen molar-refractivity contribution in [1.82, 2.24) is 0 Å². The molecule has 1 saturated heterocycles. The Kier molecular flexibility index (Phi) is 8.75. The minimum Gasteiger partial charge on any atom is -0.490 e. The SMILES string of the molecule is C=CCC1=CC(C(C)(C)c2cc(CCCO)c(OCC3CO3)c(COCC)c2)=C(C(=C)C)C1. The fourth-order valence-corrected chi connectivity index (χ4v) is 4.49. The van der Waals surface area contributed by atoms with Crippen molar-refractivity contribution in [1.29, 1.82) is 0 Å². The molecule has 4 heteroatoms. The molecule has 2 aliphatic rings. The van der Waals surface area contributed by atoms with E-state index in [2.05, 4.69) is 52.1 Å². The average Bonchev–Trinajstić information content (AvgIpc) is 3.51. The first-order valence-corrected chi connectivity index (χ1v) is 12.1. The lowest BCUT2D eigenvalue weighted by Gasteiger charge is -2.30. The monoisotopic (exact) mass is 452 g/mol. The fraction of sp³-hybridized carbons (Fsp3) is 0.517. The van der Waals surface area contributed by atoms with Crippen molar-refractivity contribution in [3.8, 4) is 5.75 Å². The van der Waals surface area contributed by atoms with Crippen LogP contribution in [0, 0.1) is 0 Å². The van der Waals surface area contributed by atoms with E-state index in [1.165, 1.54) is 22.3 Å². The maximum Gasteiger partial charge on any atom is 0.128 e. The highest BCUT2D eigenvalue weighted by atomic mass is 16.6. The van der Waals surface area contributed by atoms with Crippen molar-refractivity contribution < 1.29 is 19.3 Å². The van der Waals surface area contributed by atoms with Crippen LogP contribution in [-0.4, -0.2) is 37.6 Å². The fourth-order valence-electron chi connectivity index (χ4n) is 4.49. The van der Waals surface area contributed by atoms with Gasteiger partial charge in [0.1, 0.15) is 18.5 Å². The lowest BCUT2D eigenvalue weighted by Crippen LogP contribution is -2.22. The van der Waals surface area contributed by atoms with Crippen molar-refractivity contribution >= 4 is 0 Å². The van der Waals surface area contributed by atoms with Gasteiger partial charge in [0.15, 0.2) is 0 Å². The quantitative estimate of drug-likeness (QED) is 0.279. The van der Waals surface area contributed by atoms with Crippen LogP contribution in [0.5, 0.6) is 5.75 Å². The van der Waals surface area contributed by atoms with E-state index in [1.54, 1.807) is 0 Å². The molecule has 0 saturated carbocycles. The number of epoxide rings is 1. The summed E-state index contributed by atoms with van der Waals surface area (Å²) in [7, 11) is 0. The van der Waals surface area contributed by atoms with Gasteiger partial charge in [-0.15, -0.1) is 6.58 Å². The third-order valence-corrected chi connectivity index (χ3v) is 6.52. The minimum atomic E-state index is -0.218. The first-order valence-electron chi connectivity index (χ1n) is 12.1. The molecule has 1 atom stereocenters. The number of aliphatic hydroxyl groups is 1. The third kappa shape index (κ3) is 6.26. The first-order chi connectivity index (χ1) is 15.8. The van der Waals surface area contributed by atoms with Crippen LogP contribution in [0.25, 0.3) is 0 Å². The van der Waals surface area contributed by atoms with Crippen LogP contribution >= 0.6 is 0 Å². The smallest absolute Gasteiger partial charge is 0.128 e. The lowest BCUT2D eigenvalue weighted by atomic mass is 9.74. The van der Waals surface area contributed by atoms with Crippen LogP contribution in [0.1, 0.15) is 63.6 Å². The van der Waals surface area contributed by atoms with E-state index in [0.717, 1.165) is 48.3 Å². The van der Waals surface area contributed by atoms with E-state index in [9.17, 15) is 5.11 Å². The summed E-state index contributed by atoms with van der Waals surface area (Å²) < 4.78 is 17.4. The molecule has 1 aliphatic heterocycles. The molecular weight excluding hydrogens is 412 g/mol. The van der Waals surface area contributed by atoms with Crippen LogP contribution in [0.3, 0.4) is 0 Å². The van der Waals surface area contributed by atoms with Gasteiger partial charge < -0.3 is 19.3 Å². The molecule has 1 unspecified atom stereocenters. The maximum absolute atomic E-state index is 9.52. The molecule has 1 fully saturated rings. The predicted octanol–water partition coefficient (Wildman–Crippen LogP) is 5.98. The molecule has 1 aromatic carbocycles.